The van der Waals surface area contributed by atoms with Gasteiger partial charge < -0.3 is 10.2 Å². The Hall–Kier alpha value is -2.76. The third-order valence-electron chi connectivity index (χ3n) is 3.82. The van der Waals surface area contributed by atoms with Crippen LogP contribution in [0.4, 0.5) is 8.78 Å². The molecule has 0 spiro atoms. The number of nitrogens with zero attached hydrogens (tertiary/aromatic N) is 1. The summed E-state index contributed by atoms with van der Waals surface area (Å²) in [6.07, 6.45) is -0.504. The van der Waals surface area contributed by atoms with E-state index in [2.05, 4.69) is 10.5 Å². The minimum Gasteiger partial charge on any atom is -0.382 e. The van der Waals surface area contributed by atoms with Gasteiger partial charge in [-0.1, -0.05) is 29.4 Å². The van der Waals surface area contributed by atoms with Crippen LogP contribution in [0.25, 0.3) is 0 Å². The lowest BCUT2D eigenvalue weighted by atomic mass is 10.0. The van der Waals surface area contributed by atoms with E-state index in [1.54, 1.807) is 31.2 Å². The van der Waals surface area contributed by atoms with Crippen molar-refractivity contribution in [2.45, 2.75) is 26.0 Å². The van der Waals surface area contributed by atoms with Gasteiger partial charge in [-0.25, -0.2) is 8.78 Å². The smallest absolute Gasteiger partial charge is 0.264 e. The maximum atomic E-state index is 13.5. The third kappa shape index (κ3) is 3.59. The van der Waals surface area contributed by atoms with Crippen molar-refractivity contribution in [2.24, 2.45) is 5.16 Å². The van der Waals surface area contributed by atoms with E-state index in [4.69, 9.17) is 4.84 Å². The van der Waals surface area contributed by atoms with Crippen LogP contribution in [0, 0.1) is 18.6 Å². The molecule has 1 aliphatic rings. The maximum Gasteiger partial charge on any atom is 0.264 e. The van der Waals surface area contributed by atoms with Gasteiger partial charge in [-0.15, -0.1) is 0 Å². The molecule has 6 heteroatoms. The van der Waals surface area contributed by atoms with Gasteiger partial charge in [0.25, 0.3) is 5.91 Å². The Morgan fingerprint density at radius 2 is 2.12 bits per heavy atom. The number of hydrogen-bond donors (Lipinski definition) is 1. The van der Waals surface area contributed by atoms with Crippen molar-refractivity contribution >= 4 is 11.6 Å². The lowest BCUT2D eigenvalue weighted by Crippen LogP contribution is -2.34. The van der Waals surface area contributed by atoms with E-state index < -0.39 is 6.10 Å². The molecule has 0 unspecified atom stereocenters. The molecule has 1 N–H and O–H groups in total. The Labute approximate surface area is 138 Å². The first kappa shape index (κ1) is 16.1. The first-order valence-corrected chi connectivity index (χ1v) is 7.54. The van der Waals surface area contributed by atoms with E-state index in [0.717, 1.165) is 0 Å². The summed E-state index contributed by atoms with van der Waals surface area (Å²) in [5, 5.41) is 6.55. The predicted molar refractivity (Wildman–Crippen MR) is 85.4 cm³/mol. The van der Waals surface area contributed by atoms with Gasteiger partial charge in [0.2, 0.25) is 6.10 Å². The van der Waals surface area contributed by atoms with E-state index in [9.17, 15) is 13.6 Å². The number of halogens is 2. The SMILES string of the molecule is Cc1ccc(CNC(=O)[C@@H]2CC(c3cccc(F)c3)=NO2)cc1F. The van der Waals surface area contributed by atoms with Gasteiger partial charge in [0, 0.05) is 18.5 Å². The molecule has 0 radical (unpaired) electrons. The number of hydrogen-bond acceptors (Lipinski definition) is 3. The van der Waals surface area contributed by atoms with Crippen LogP contribution in [0.1, 0.15) is 23.1 Å². The summed E-state index contributed by atoms with van der Waals surface area (Å²) in [4.78, 5) is 17.3. The highest BCUT2D eigenvalue weighted by atomic mass is 19.1. The molecule has 2 aromatic rings. The number of oxime groups is 1. The highest BCUT2D eigenvalue weighted by Crippen LogP contribution is 2.18. The molecule has 0 aliphatic carbocycles. The fourth-order valence-electron chi connectivity index (χ4n) is 2.41. The topological polar surface area (TPSA) is 50.7 Å². The number of amides is 1. The molecule has 0 aromatic heterocycles. The van der Waals surface area contributed by atoms with E-state index in [1.807, 2.05) is 0 Å². The van der Waals surface area contributed by atoms with Gasteiger partial charge in [0.05, 0.1) is 5.71 Å². The van der Waals surface area contributed by atoms with E-state index in [0.29, 0.717) is 22.4 Å². The average molecular weight is 330 g/mol. The summed E-state index contributed by atoms with van der Waals surface area (Å²) in [7, 11) is 0. The van der Waals surface area contributed by atoms with Crippen LogP contribution in [0.5, 0.6) is 0 Å². The molecular weight excluding hydrogens is 314 g/mol. The van der Waals surface area contributed by atoms with Gasteiger partial charge in [-0.2, -0.15) is 0 Å². The lowest BCUT2D eigenvalue weighted by molar-refractivity contribution is -0.131. The molecule has 4 nitrogen and oxygen atoms in total. The fraction of sp³-hybridized carbons (Fsp3) is 0.222. The van der Waals surface area contributed by atoms with Crippen molar-refractivity contribution in [3.63, 3.8) is 0 Å². The summed E-state index contributed by atoms with van der Waals surface area (Å²) < 4.78 is 26.7. The molecule has 0 saturated carbocycles. The zero-order valence-corrected chi connectivity index (χ0v) is 13.1. The van der Waals surface area contributed by atoms with Crippen LogP contribution in [0.3, 0.4) is 0 Å². The number of rotatable bonds is 4. The molecule has 0 bridgehead atoms. The van der Waals surface area contributed by atoms with Gasteiger partial charge in [-0.05, 0) is 36.2 Å². The molecule has 24 heavy (non-hydrogen) atoms. The quantitative estimate of drug-likeness (QED) is 0.936. The van der Waals surface area contributed by atoms with Crippen molar-refractivity contribution in [3.05, 3.63) is 70.8 Å². The third-order valence-corrected chi connectivity index (χ3v) is 3.82. The van der Waals surface area contributed by atoms with E-state index in [1.165, 1.54) is 18.2 Å². The van der Waals surface area contributed by atoms with Crippen molar-refractivity contribution < 1.29 is 18.4 Å². The highest BCUT2D eigenvalue weighted by molar-refractivity contribution is 6.04. The monoisotopic (exact) mass is 330 g/mol. The normalized spacial score (nSPS) is 16.5. The summed E-state index contributed by atoms with van der Waals surface area (Å²) in [5.41, 5.74) is 2.33. The van der Waals surface area contributed by atoms with Gasteiger partial charge in [0.15, 0.2) is 0 Å². The molecule has 0 fully saturated rings. The first-order valence-electron chi connectivity index (χ1n) is 7.54. The number of carbonyl (C=O) groups excluding carboxylic acids is 1. The second-order valence-electron chi connectivity index (χ2n) is 5.65. The number of carbonyl (C=O) groups is 1. The molecular formula is C18H16F2N2O2. The Morgan fingerprint density at radius 3 is 2.88 bits per heavy atom. The van der Waals surface area contributed by atoms with Gasteiger partial charge in [0.1, 0.15) is 11.6 Å². The zero-order valence-electron chi connectivity index (χ0n) is 13.1. The Morgan fingerprint density at radius 1 is 1.29 bits per heavy atom. The zero-order chi connectivity index (χ0) is 17.1. The van der Waals surface area contributed by atoms with Crippen LogP contribution < -0.4 is 5.32 Å². The minimum absolute atomic E-state index is 0.200. The Kier molecular flexibility index (Phi) is 4.55. The molecule has 3 rings (SSSR count). The molecule has 1 atom stereocenters. The molecule has 1 amide bonds. The Bertz CT molecular complexity index is 805. The van der Waals surface area contributed by atoms with Crippen molar-refractivity contribution in [3.8, 4) is 0 Å². The van der Waals surface area contributed by atoms with Crippen molar-refractivity contribution in [1.29, 1.82) is 0 Å². The number of benzene rings is 2. The molecule has 0 saturated heterocycles. The summed E-state index contributed by atoms with van der Waals surface area (Å²) in [5.74, 6) is -1.02. The molecule has 1 aliphatic heterocycles. The average Bonchev–Trinajstić information content (AvgIpc) is 3.06. The summed E-state index contributed by atoms with van der Waals surface area (Å²) in [6.45, 7) is 1.88. The summed E-state index contributed by atoms with van der Waals surface area (Å²) in [6, 6.07) is 10.8. The van der Waals surface area contributed by atoms with Crippen molar-refractivity contribution in [1.82, 2.24) is 5.32 Å². The van der Waals surface area contributed by atoms with Gasteiger partial charge >= 0.3 is 0 Å². The molecule has 1 heterocycles. The maximum absolute atomic E-state index is 13.5. The van der Waals surface area contributed by atoms with Crippen molar-refractivity contribution in [2.75, 3.05) is 0 Å². The number of nitrogens with one attached hydrogen (secondary N) is 1. The second-order valence-corrected chi connectivity index (χ2v) is 5.65. The fourth-order valence-corrected chi connectivity index (χ4v) is 2.41. The van der Waals surface area contributed by atoms with Crippen LogP contribution in [0.15, 0.2) is 47.6 Å². The lowest BCUT2D eigenvalue weighted by Gasteiger charge is -2.10. The molecule has 124 valence electrons. The van der Waals surface area contributed by atoms with Crippen LogP contribution in [0.2, 0.25) is 0 Å². The van der Waals surface area contributed by atoms with Crippen LogP contribution in [-0.4, -0.2) is 17.7 Å². The standard InChI is InChI=1S/C18H16F2N2O2/c1-11-5-6-12(7-15(11)20)10-21-18(23)17-9-16(22-24-17)13-3-2-4-14(19)8-13/h2-8,17H,9-10H2,1H3,(H,21,23)/t17-/m0/s1. The highest BCUT2D eigenvalue weighted by Gasteiger charge is 2.28. The first-order chi connectivity index (χ1) is 11.5. The number of aryl methyl sites for hydroxylation is 1. The second kappa shape index (κ2) is 6.78. The summed E-state index contributed by atoms with van der Waals surface area (Å²) >= 11 is 0. The minimum atomic E-state index is -0.765. The van der Waals surface area contributed by atoms with E-state index >= 15 is 0 Å². The molecule has 2 aromatic carbocycles. The largest absolute Gasteiger partial charge is 0.382 e. The van der Waals surface area contributed by atoms with Gasteiger partial charge in [-0.3, -0.25) is 4.79 Å². The predicted octanol–water partition coefficient (Wildman–Crippen LogP) is 3.08. The Balaban J connectivity index is 1.56. The van der Waals surface area contributed by atoms with Crippen LogP contribution >= 0.6 is 0 Å². The van der Waals surface area contributed by atoms with Crippen LogP contribution in [-0.2, 0) is 16.2 Å². The van der Waals surface area contributed by atoms with E-state index in [-0.39, 0.29) is 30.5 Å².